The third-order valence-corrected chi connectivity index (χ3v) is 6.37. The van der Waals surface area contributed by atoms with Crippen LogP contribution in [0.1, 0.15) is 22.3 Å². The lowest BCUT2D eigenvalue weighted by molar-refractivity contribution is -0.159. The van der Waals surface area contributed by atoms with Crippen LogP contribution in [0.15, 0.2) is 78.9 Å². The molecule has 0 aromatic heterocycles. The number of ether oxygens (including phenoxy) is 5. The average molecular weight is 456 g/mol. The van der Waals surface area contributed by atoms with Gasteiger partial charge < -0.3 is 23.7 Å². The van der Waals surface area contributed by atoms with E-state index in [1.54, 1.807) is 6.08 Å². The summed E-state index contributed by atoms with van der Waals surface area (Å²) in [5.41, 5.74) is 4.71. The lowest BCUT2D eigenvalue weighted by Gasteiger charge is -2.40. The minimum atomic E-state index is -0.770. The molecule has 0 amide bonds. The van der Waals surface area contributed by atoms with Gasteiger partial charge in [0.25, 0.3) is 0 Å². The maximum atomic E-state index is 13.3. The van der Waals surface area contributed by atoms with Gasteiger partial charge in [0.15, 0.2) is 17.3 Å². The summed E-state index contributed by atoms with van der Waals surface area (Å²) < 4.78 is 29.9. The van der Waals surface area contributed by atoms with Crippen molar-refractivity contribution in [2.75, 3.05) is 6.79 Å². The number of benzene rings is 3. The number of carbonyl (C=O) groups excluding carboxylic acids is 1. The van der Waals surface area contributed by atoms with Crippen molar-refractivity contribution in [1.29, 1.82) is 0 Å². The molecular weight excluding hydrogens is 432 g/mol. The minimum absolute atomic E-state index is 0.130. The van der Waals surface area contributed by atoms with Crippen LogP contribution in [0.2, 0.25) is 0 Å². The second-order valence-electron chi connectivity index (χ2n) is 8.57. The number of fused-ring (bicyclic) bond motifs is 4. The lowest BCUT2D eigenvalue weighted by Crippen LogP contribution is -2.51. The molecule has 6 rings (SSSR count). The summed E-state index contributed by atoms with van der Waals surface area (Å²) in [7, 11) is 0. The normalized spacial score (nSPS) is 22.6. The van der Waals surface area contributed by atoms with Gasteiger partial charge in [0.05, 0.1) is 19.8 Å². The fourth-order valence-corrected chi connectivity index (χ4v) is 4.66. The van der Waals surface area contributed by atoms with E-state index in [2.05, 4.69) is 0 Å². The smallest absolute Gasteiger partial charge is 0.231 e. The Labute approximate surface area is 197 Å². The van der Waals surface area contributed by atoms with Crippen molar-refractivity contribution in [3.63, 3.8) is 0 Å². The van der Waals surface area contributed by atoms with Gasteiger partial charge in [0.2, 0.25) is 6.79 Å². The van der Waals surface area contributed by atoms with Crippen LogP contribution in [0.25, 0.3) is 5.57 Å². The number of ketones is 1. The third-order valence-electron chi connectivity index (χ3n) is 6.37. The zero-order chi connectivity index (χ0) is 22.9. The largest absolute Gasteiger partial charge is 0.454 e. The zero-order valence-corrected chi connectivity index (χ0v) is 18.5. The first kappa shape index (κ1) is 21.1. The van der Waals surface area contributed by atoms with Crippen LogP contribution in [0.3, 0.4) is 0 Å². The maximum Gasteiger partial charge on any atom is 0.231 e. The lowest BCUT2D eigenvalue weighted by atomic mass is 9.82. The standard InChI is InChI=1S/C28H24O6/c29-23-12-22-21-13-25-24(33-17-34-25)11-20(21)16-32-26(22)28(31-15-19-9-5-2-6-10-19)27(23)30-14-18-7-3-1-4-8-18/h1-13,26-28H,14-17H2/t26-,27+,28+/m1/s1. The van der Waals surface area contributed by atoms with Crippen LogP contribution in [0.4, 0.5) is 0 Å². The van der Waals surface area contributed by atoms with Gasteiger partial charge in [0.1, 0.15) is 18.3 Å². The molecule has 0 unspecified atom stereocenters. The SMILES string of the molecule is O=C1C=C2c3cc4c(cc3CO[C@H]2[C@H](OCc2ccccc2)[C@H]1OCc1ccccc1)OCO4. The van der Waals surface area contributed by atoms with Gasteiger partial charge in [-0.15, -0.1) is 0 Å². The molecule has 0 fully saturated rings. The first-order chi connectivity index (χ1) is 16.8. The molecule has 2 aliphatic heterocycles. The van der Waals surface area contributed by atoms with E-state index in [-0.39, 0.29) is 12.6 Å². The van der Waals surface area contributed by atoms with Gasteiger partial charge in [-0.2, -0.15) is 0 Å². The Hall–Kier alpha value is -3.45. The monoisotopic (exact) mass is 456 g/mol. The predicted molar refractivity (Wildman–Crippen MR) is 124 cm³/mol. The van der Waals surface area contributed by atoms with Crippen LogP contribution in [-0.2, 0) is 38.8 Å². The van der Waals surface area contributed by atoms with Crippen molar-refractivity contribution in [1.82, 2.24) is 0 Å². The van der Waals surface area contributed by atoms with Crippen molar-refractivity contribution in [2.24, 2.45) is 0 Å². The Bertz CT molecular complexity index is 1220. The molecule has 6 nitrogen and oxygen atoms in total. The molecule has 0 saturated carbocycles. The van der Waals surface area contributed by atoms with Crippen LogP contribution in [0.5, 0.6) is 11.5 Å². The van der Waals surface area contributed by atoms with E-state index in [9.17, 15) is 4.79 Å². The molecule has 0 N–H and O–H groups in total. The zero-order valence-electron chi connectivity index (χ0n) is 18.5. The number of hydrogen-bond acceptors (Lipinski definition) is 6. The van der Waals surface area contributed by atoms with E-state index in [0.717, 1.165) is 27.8 Å². The minimum Gasteiger partial charge on any atom is -0.454 e. The number of rotatable bonds is 6. The van der Waals surface area contributed by atoms with E-state index < -0.39 is 18.3 Å². The van der Waals surface area contributed by atoms with Crippen LogP contribution < -0.4 is 9.47 Å². The van der Waals surface area contributed by atoms with E-state index in [4.69, 9.17) is 23.7 Å². The summed E-state index contributed by atoms with van der Waals surface area (Å²) in [4.78, 5) is 13.3. The number of hydrogen-bond donors (Lipinski definition) is 0. The molecule has 172 valence electrons. The molecule has 0 saturated heterocycles. The molecule has 3 aliphatic rings. The maximum absolute atomic E-state index is 13.3. The predicted octanol–water partition coefficient (Wildman–Crippen LogP) is 4.45. The van der Waals surface area contributed by atoms with Gasteiger partial charge in [0, 0.05) is 0 Å². The summed E-state index contributed by atoms with van der Waals surface area (Å²) in [6, 6.07) is 23.6. The van der Waals surface area contributed by atoms with Crippen LogP contribution >= 0.6 is 0 Å². The van der Waals surface area contributed by atoms with Crippen molar-refractivity contribution >= 4 is 11.4 Å². The summed E-state index contributed by atoms with van der Waals surface area (Å²) in [5, 5.41) is 0. The van der Waals surface area contributed by atoms with Gasteiger partial charge in [-0.3, -0.25) is 4.79 Å². The molecule has 0 bridgehead atoms. The van der Waals surface area contributed by atoms with E-state index in [0.29, 0.717) is 31.3 Å². The molecular formula is C28H24O6. The van der Waals surface area contributed by atoms with Crippen molar-refractivity contribution < 1.29 is 28.5 Å². The molecule has 3 aromatic rings. The molecule has 0 spiro atoms. The van der Waals surface area contributed by atoms with Crippen molar-refractivity contribution in [2.45, 2.75) is 38.1 Å². The second kappa shape index (κ2) is 9.06. The third kappa shape index (κ3) is 4.01. The van der Waals surface area contributed by atoms with Crippen LogP contribution in [0, 0.1) is 0 Å². The molecule has 2 heterocycles. The Kier molecular flexibility index (Phi) is 5.63. The molecule has 3 atom stereocenters. The highest BCUT2D eigenvalue weighted by Gasteiger charge is 2.45. The summed E-state index contributed by atoms with van der Waals surface area (Å²) in [5.74, 6) is 1.25. The summed E-state index contributed by atoms with van der Waals surface area (Å²) in [6.07, 6.45) is -0.151. The quantitative estimate of drug-likeness (QED) is 0.546. The molecule has 1 aliphatic carbocycles. The van der Waals surface area contributed by atoms with Crippen molar-refractivity contribution in [3.8, 4) is 11.5 Å². The van der Waals surface area contributed by atoms with E-state index in [1.807, 2.05) is 72.8 Å². The Morgan fingerprint density at radius 3 is 2.18 bits per heavy atom. The fourth-order valence-electron chi connectivity index (χ4n) is 4.66. The highest BCUT2D eigenvalue weighted by molar-refractivity contribution is 6.03. The molecule has 34 heavy (non-hydrogen) atoms. The highest BCUT2D eigenvalue weighted by atomic mass is 16.7. The van der Waals surface area contributed by atoms with E-state index >= 15 is 0 Å². The summed E-state index contributed by atoms with van der Waals surface area (Å²) in [6.45, 7) is 1.25. The molecule has 0 radical (unpaired) electrons. The second-order valence-corrected chi connectivity index (χ2v) is 8.57. The topological polar surface area (TPSA) is 63.2 Å². The van der Waals surface area contributed by atoms with Gasteiger partial charge in [-0.05, 0) is 46.0 Å². The van der Waals surface area contributed by atoms with Gasteiger partial charge in [-0.25, -0.2) is 0 Å². The average Bonchev–Trinajstić information content (AvgIpc) is 3.34. The Morgan fingerprint density at radius 2 is 1.47 bits per heavy atom. The Balaban J connectivity index is 1.32. The summed E-state index contributed by atoms with van der Waals surface area (Å²) >= 11 is 0. The molecule has 6 heteroatoms. The van der Waals surface area contributed by atoms with Gasteiger partial charge in [-0.1, -0.05) is 60.7 Å². The number of carbonyl (C=O) groups is 1. The fraction of sp³-hybridized carbons (Fsp3) is 0.250. The Morgan fingerprint density at radius 1 is 0.824 bits per heavy atom. The highest BCUT2D eigenvalue weighted by Crippen LogP contribution is 2.43. The molecule has 3 aromatic carbocycles. The first-order valence-corrected chi connectivity index (χ1v) is 11.4. The van der Waals surface area contributed by atoms with Crippen LogP contribution in [-0.4, -0.2) is 30.9 Å². The van der Waals surface area contributed by atoms with Gasteiger partial charge >= 0.3 is 0 Å². The van der Waals surface area contributed by atoms with E-state index in [1.165, 1.54) is 0 Å². The van der Waals surface area contributed by atoms with Crippen molar-refractivity contribution in [3.05, 3.63) is 101 Å². The first-order valence-electron chi connectivity index (χ1n) is 11.4.